The summed E-state index contributed by atoms with van der Waals surface area (Å²) in [7, 11) is 0. The number of amides is 1. The van der Waals surface area contributed by atoms with Gasteiger partial charge in [0.15, 0.2) is 0 Å². The van der Waals surface area contributed by atoms with Crippen molar-refractivity contribution in [1.82, 2.24) is 5.32 Å². The van der Waals surface area contributed by atoms with Gasteiger partial charge in [0.1, 0.15) is 6.07 Å². The third-order valence-electron chi connectivity index (χ3n) is 2.48. The maximum Gasteiger partial charge on any atom is 0.239 e. The Balaban J connectivity index is 2.24. The van der Waals surface area contributed by atoms with Gasteiger partial charge in [-0.15, -0.1) is 0 Å². The first-order valence-corrected chi connectivity index (χ1v) is 5.30. The van der Waals surface area contributed by atoms with Crippen LogP contribution in [0.25, 0.3) is 0 Å². The Hall–Kier alpha value is -1.73. The number of hydrogen-bond donors (Lipinski definition) is 1. The van der Waals surface area contributed by atoms with Gasteiger partial charge in [-0.25, -0.2) is 0 Å². The summed E-state index contributed by atoms with van der Waals surface area (Å²) in [6.07, 6.45) is 0. The summed E-state index contributed by atoms with van der Waals surface area (Å²) >= 11 is 5.94. The van der Waals surface area contributed by atoms with Gasteiger partial charge in [0, 0.05) is 18.8 Å². The van der Waals surface area contributed by atoms with E-state index in [0.717, 1.165) is 12.2 Å². The first-order valence-electron chi connectivity index (χ1n) is 4.92. The molecule has 1 aliphatic rings. The largest absolute Gasteiger partial charge is 0.360 e. The molecular weight excluding hydrogens is 226 g/mol. The zero-order chi connectivity index (χ0) is 11.5. The minimum atomic E-state index is 0.00623. The standard InChI is InChI=1S/C11H10ClN3O/c12-10-5-9(2-1-8(10)6-13)15-4-3-14-11(16)7-15/h1-2,5H,3-4,7H2,(H,14,16). The lowest BCUT2D eigenvalue weighted by molar-refractivity contribution is -0.120. The van der Waals surface area contributed by atoms with E-state index in [4.69, 9.17) is 16.9 Å². The highest BCUT2D eigenvalue weighted by atomic mass is 35.5. The van der Waals surface area contributed by atoms with Gasteiger partial charge >= 0.3 is 0 Å². The van der Waals surface area contributed by atoms with Crippen molar-refractivity contribution in [1.29, 1.82) is 5.26 Å². The molecule has 1 saturated heterocycles. The van der Waals surface area contributed by atoms with Crippen LogP contribution in [0.1, 0.15) is 5.56 Å². The fourth-order valence-electron chi connectivity index (χ4n) is 1.65. The van der Waals surface area contributed by atoms with Crippen molar-refractivity contribution in [2.24, 2.45) is 0 Å². The Kier molecular flexibility index (Phi) is 2.97. The van der Waals surface area contributed by atoms with Crippen molar-refractivity contribution in [3.05, 3.63) is 28.8 Å². The van der Waals surface area contributed by atoms with E-state index in [9.17, 15) is 4.79 Å². The summed E-state index contributed by atoms with van der Waals surface area (Å²) in [6, 6.07) is 7.20. The molecule has 0 bridgehead atoms. The van der Waals surface area contributed by atoms with E-state index in [1.54, 1.807) is 12.1 Å². The van der Waals surface area contributed by atoms with Gasteiger partial charge in [0.25, 0.3) is 0 Å². The number of anilines is 1. The van der Waals surface area contributed by atoms with E-state index in [2.05, 4.69) is 5.32 Å². The first-order chi connectivity index (χ1) is 7.70. The van der Waals surface area contributed by atoms with Crippen LogP contribution in [0.2, 0.25) is 5.02 Å². The fraction of sp³-hybridized carbons (Fsp3) is 0.273. The van der Waals surface area contributed by atoms with Crippen molar-refractivity contribution in [2.45, 2.75) is 0 Å². The topological polar surface area (TPSA) is 56.1 Å². The van der Waals surface area contributed by atoms with E-state index in [0.29, 0.717) is 23.7 Å². The molecule has 16 heavy (non-hydrogen) atoms. The maximum absolute atomic E-state index is 11.2. The highest BCUT2D eigenvalue weighted by Crippen LogP contribution is 2.23. The van der Waals surface area contributed by atoms with Gasteiger partial charge in [-0.05, 0) is 18.2 Å². The maximum atomic E-state index is 11.2. The van der Waals surface area contributed by atoms with Crippen molar-refractivity contribution in [3.63, 3.8) is 0 Å². The molecule has 1 aromatic rings. The minimum absolute atomic E-state index is 0.00623. The number of benzene rings is 1. The minimum Gasteiger partial charge on any atom is -0.360 e. The molecule has 0 atom stereocenters. The molecule has 0 aliphatic carbocycles. The number of carbonyl (C=O) groups is 1. The fourth-order valence-corrected chi connectivity index (χ4v) is 1.87. The summed E-state index contributed by atoms with van der Waals surface area (Å²) in [5.74, 6) is 0.00623. The second-order valence-electron chi connectivity index (χ2n) is 3.55. The Labute approximate surface area is 98.4 Å². The molecule has 82 valence electrons. The molecule has 4 nitrogen and oxygen atoms in total. The molecular formula is C11H10ClN3O. The summed E-state index contributed by atoms with van der Waals surface area (Å²) in [5.41, 5.74) is 1.32. The predicted molar refractivity (Wildman–Crippen MR) is 61.4 cm³/mol. The number of piperazine rings is 1. The molecule has 1 aliphatic heterocycles. The highest BCUT2D eigenvalue weighted by molar-refractivity contribution is 6.32. The molecule has 0 spiro atoms. The Morgan fingerprint density at radius 2 is 2.31 bits per heavy atom. The summed E-state index contributed by atoms with van der Waals surface area (Å²) in [5, 5.41) is 11.9. The van der Waals surface area contributed by atoms with Crippen LogP contribution in [0.15, 0.2) is 18.2 Å². The van der Waals surface area contributed by atoms with Crippen LogP contribution < -0.4 is 10.2 Å². The number of nitrogens with one attached hydrogen (secondary N) is 1. The molecule has 1 amide bonds. The van der Waals surface area contributed by atoms with E-state index >= 15 is 0 Å². The Bertz CT molecular complexity index is 467. The van der Waals surface area contributed by atoms with Crippen LogP contribution in [0.5, 0.6) is 0 Å². The number of halogens is 1. The molecule has 0 saturated carbocycles. The zero-order valence-electron chi connectivity index (χ0n) is 8.53. The van der Waals surface area contributed by atoms with Crippen LogP contribution in [-0.4, -0.2) is 25.5 Å². The quantitative estimate of drug-likeness (QED) is 0.795. The van der Waals surface area contributed by atoms with Crippen molar-refractivity contribution < 1.29 is 4.79 Å². The molecule has 1 heterocycles. The van der Waals surface area contributed by atoms with E-state index < -0.39 is 0 Å². The molecule has 0 radical (unpaired) electrons. The Morgan fingerprint density at radius 3 is 2.94 bits per heavy atom. The molecule has 2 rings (SSSR count). The summed E-state index contributed by atoms with van der Waals surface area (Å²) < 4.78 is 0. The van der Waals surface area contributed by atoms with E-state index in [1.807, 2.05) is 17.0 Å². The monoisotopic (exact) mass is 235 g/mol. The number of carbonyl (C=O) groups excluding carboxylic acids is 1. The Morgan fingerprint density at radius 1 is 1.50 bits per heavy atom. The van der Waals surface area contributed by atoms with Crippen molar-refractivity contribution in [2.75, 3.05) is 24.5 Å². The number of nitriles is 1. The lowest BCUT2D eigenvalue weighted by Gasteiger charge is -2.28. The zero-order valence-corrected chi connectivity index (χ0v) is 9.29. The van der Waals surface area contributed by atoms with E-state index in [1.165, 1.54) is 0 Å². The average Bonchev–Trinajstić information content (AvgIpc) is 2.29. The van der Waals surface area contributed by atoms with Crippen molar-refractivity contribution in [3.8, 4) is 6.07 Å². The first kappa shape index (κ1) is 10.8. The van der Waals surface area contributed by atoms with Crippen LogP contribution in [0.4, 0.5) is 5.69 Å². The molecule has 0 unspecified atom stereocenters. The summed E-state index contributed by atoms with van der Waals surface area (Å²) in [6.45, 7) is 1.73. The van der Waals surface area contributed by atoms with Gasteiger partial charge in [-0.1, -0.05) is 11.6 Å². The van der Waals surface area contributed by atoms with Crippen LogP contribution in [0, 0.1) is 11.3 Å². The number of rotatable bonds is 1. The molecule has 1 fully saturated rings. The van der Waals surface area contributed by atoms with Crippen LogP contribution in [-0.2, 0) is 4.79 Å². The van der Waals surface area contributed by atoms with Gasteiger partial charge in [-0.2, -0.15) is 5.26 Å². The van der Waals surface area contributed by atoms with E-state index in [-0.39, 0.29) is 5.91 Å². The normalized spacial score (nSPS) is 15.5. The third-order valence-corrected chi connectivity index (χ3v) is 2.79. The summed E-state index contributed by atoms with van der Waals surface area (Å²) in [4.78, 5) is 13.2. The number of hydrogen-bond acceptors (Lipinski definition) is 3. The lowest BCUT2D eigenvalue weighted by atomic mass is 10.2. The smallest absolute Gasteiger partial charge is 0.239 e. The molecule has 0 aromatic heterocycles. The SMILES string of the molecule is N#Cc1ccc(N2CCNC(=O)C2)cc1Cl. The van der Waals surface area contributed by atoms with Crippen molar-refractivity contribution >= 4 is 23.2 Å². The van der Waals surface area contributed by atoms with Gasteiger partial charge in [0.05, 0.1) is 17.1 Å². The van der Waals surface area contributed by atoms with Gasteiger partial charge in [-0.3, -0.25) is 4.79 Å². The molecule has 5 heteroatoms. The van der Waals surface area contributed by atoms with Crippen LogP contribution in [0.3, 0.4) is 0 Å². The van der Waals surface area contributed by atoms with Crippen LogP contribution >= 0.6 is 11.6 Å². The highest BCUT2D eigenvalue weighted by Gasteiger charge is 2.16. The molecule has 1 aromatic carbocycles. The predicted octanol–water partition coefficient (Wildman–Crippen LogP) is 1.15. The lowest BCUT2D eigenvalue weighted by Crippen LogP contribution is -2.47. The second-order valence-corrected chi connectivity index (χ2v) is 3.95. The third kappa shape index (κ3) is 2.10. The molecule has 1 N–H and O–H groups in total. The second kappa shape index (κ2) is 4.42. The average molecular weight is 236 g/mol. The van der Waals surface area contributed by atoms with Gasteiger partial charge < -0.3 is 10.2 Å². The van der Waals surface area contributed by atoms with Gasteiger partial charge in [0.2, 0.25) is 5.91 Å². The number of nitrogens with zero attached hydrogens (tertiary/aromatic N) is 2.